The van der Waals surface area contributed by atoms with E-state index in [-0.39, 0.29) is 24.2 Å². The lowest BCUT2D eigenvalue weighted by atomic mass is 9.77. The van der Waals surface area contributed by atoms with Crippen LogP contribution in [0, 0.1) is 0 Å². The summed E-state index contributed by atoms with van der Waals surface area (Å²) in [5.74, 6) is -0.434. The largest absolute Gasteiger partial charge is 0.469 e. The van der Waals surface area contributed by atoms with Gasteiger partial charge in [-0.25, -0.2) is 0 Å². The number of hydrogen-bond acceptors (Lipinski definition) is 2. The van der Waals surface area contributed by atoms with Crippen LogP contribution in [0.25, 0.3) is 5.57 Å². The van der Waals surface area contributed by atoms with Gasteiger partial charge >= 0.3 is 12.1 Å². The highest BCUT2D eigenvalue weighted by Gasteiger charge is 2.37. The van der Waals surface area contributed by atoms with Gasteiger partial charge in [0.25, 0.3) is 0 Å². The average Bonchev–Trinajstić information content (AvgIpc) is 3.10. The predicted octanol–water partition coefficient (Wildman–Crippen LogP) is 8.28. The second-order valence-electron chi connectivity index (χ2n) is 8.77. The molecule has 33 heavy (non-hydrogen) atoms. The maximum absolute atomic E-state index is 13.2. The molecule has 2 aromatic rings. The first kappa shape index (κ1) is 25.1. The summed E-state index contributed by atoms with van der Waals surface area (Å²) in [5.41, 5.74) is 4.97. The lowest BCUT2D eigenvalue weighted by molar-refractivity contribution is -0.141. The number of rotatable bonds is 10. The smallest absolute Gasteiger partial charge is 0.416 e. The molecule has 0 saturated heterocycles. The van der Waals surface area contributed by atoms with Crippen LogP contribution in [0.4, 0.5) is 13.2 Å². The molecule has 0 fully saturated rings. The first-order chi connectivity index (χ1) is 15.8. The summed E-state index contributed by atoms with van der Waals surface area (Å²) in [4.78, 5) is 12.4. The maximum atomic E-state index is 13.2. The van der Waals surface area contributed by atoms with Crippen molar-refractivity contribution >= 4 is 11.5 Å². The van der Waals surface area contributed by atoms with E-state index in [4.69, 9.17) is 4.74 Å². The molecule has 2 nitrogen and oxygen atoms in total. The van der Waals surface area contributed by atoms with Crippen LogP contribution in [0.3, 0.4) is 0 Å². The lowest BCUT2D eigenvalue weighted by Crippen LogP contribution is -2.14. The molecule has 2 atom stereocenters. The van der Waals surface area contributed by atoms with Gasteiger partial charge in [0, 0.05) is 11.8 Å². The molecule has 2 aromatic carbocycles. The zero-order valence-electron chi connectivity index (χ0n) is 19.7. The number of carbonyl (C=O) groups is 1. The number of halogens is 3. The van der Waals surface area contributed by atoms with Crippen molar-refractivity contribution in [2.45, 2.75) is 76.8 Å². The van der Waals surface area contributed by atoms with E-state index >= 15 is 0 Å². The Labute approximate surface area is 194 Å². The number of methoxy groups -OCH3 is 1. The number of esters is 1. The maximum Gasteiger partial charge on any atom is 0.416 e. The minimum absolute atomic E-state index is 0.0406. The van der Waals surface area contributed by atoms with Crippen molar-refractivity contribution in [2.75, 3.05) is 7.11 Å². The number of carbonyl (C=O) groups excluding carboxylic acids is 1. The third kappa shape index (κ3) is 5.69. The Bertz CT molecular complexity index is 973. The van der Waals surface area contributed by atoms with Crippen molar-refractivity contribution in [2.24, 2.45) is 0 Å². The quantitative estimate of drug-likeness (QED) is 0.335. The van der Waals surface area contributed by atoms with E-state index in [1.165, 1.54) is 36.0 Å². The standard InChI is InChI=1S/C28H33F3O2/c1-4-6-10-21(19-14-16-20(17-15-19)28(29,30)31)27-24(11-7-5-2)22-12-8-9-13-23(22)25(27)18-26(32)33-3/h8-9,12-17,21,25H,4-7,10-11,18H2,1-3H3/t21-,25?/m1/s1. The minimum Gasteiger partial charge on any atom is -0.469 e. The van der Waals surface area contributed by atoms with Crippen LogP contribution in [0.5, 0.6) is 0 Å². The first-order valence-corrected chi connectivity index (χ1v) is 11.9. The molecule has 5 heteroatoms. The zero-order valence-corrected chi connectivity index (χ0v) is 19.7. The molecule has 0 bridgehead atoms. The normalized spacial score (nSPS) is 16.6. The Morgan fingerprint density at radius 2 is 1.67 bits per heavy atom. The van der Waals surface area contributed by atoms with E-state index in [2.05, 4.69) is 26.0 Å². The Hall–Kier alpha value is -2.56. The summed E-state index contributed by atoms with van der Waals surface area (Å²) in [5, 5.41) is 0. The summed E-state index contributed by atoms with van der Waals surface area (Å²) in [6, 6.07) is 13.8. The second-order valence-corrected chi connectivity index (χ2v) is 8.77. The van der Waals surface area contributed by atoms with Gasteiger partial charge in [0.15, 0.2) is 0 Å². The average molecular weight is 459 g/mol. The summed E-state index contributed by atoms with van der Waals surface area (Å²) in [6.07, 6.45) is 1.61. The van der Waals surface area contributed by atoms with Crippen LogP contribution in [0.2, 0.25) is 0 Å². The molecular weight excluding hydrogens is 425 g/mol. The van der Waals surface area contributed by atoms with E-state index in [9.17, 15) is 18.0 Å². The summed E-state index contributed by atoms with van der Waals surface area (Å²) in [7, 11) is 1.40. The molecule has 0 heterocycles. The molecule has 1 aliphatic carbocycles. The number of allylic oxidation sites excluding steroid dienone is 2. The fourth-order valence-corrected chi connectivity index (χ4v) is 4.98. The molecular formula is C28H33F3O2. The van der Waals surface area contributed by atoms with Gasteiger partial charge in [-0.2, -0.15) is 13.2 Å². The van der Waals surface area contributed by atoms with E-state index < -0.39 is 11.7 Å². The topological polar surface area (TPSA) is 26.3 Å². The van der Waals surface area contributed by atoms with Crippen molar-refractivity contribution in [3.8, 4) is 0 Å². The zero-order chi connectivity index (χ0) is 24.0. The van der Waals surface area contributed by atoms with Gasteiger partial charge in [0.1, 0.15) is 0 Å². The molecule has 0 aromatic heterocycles. The molecule has 178 valence electrons. The van der Waals surface area contributed by atoms with Gasteiger partial charge in [-0.1, -0.05) is 75.1 Å². The number of fused-ring (bicyclic) bond motifs is 1. The SMILES string of the molecule is CCCCC1=C([C@H](CCCC)c2ccc(C(F)(F)F)cc2)C(CC(=O)OC)c2ccccc21. The molecule has 0 radical (unpaired) electrons. The number of hydrogen-bond donors (Lipinski definition) is 0. The van der Waals surface area contributed by atoms with Crippen LogP contribution in [-0.4, -0.2) is 13.1 Å². The molecule has 0 aliphatic heterocycles. The Morgan fingerprint density at radius 3 is 2.27 bits per heavy atom. The molecule has 3 rings (SSSR count). The van der Waals surface area contributed by atoms with E-state index in [0.29, 0.717) is 0 Å². The second kappa shape index (κ2) is 11.0. The van der Waals surface area contributed by atoms with Gasteiger partial charge in [-0.3, -0.25) is 4.79 Å². The molecule has 0 amide bonds. The van der Waals surface area contributed by atoms with Gasteiger partial charge in [-0.15, -0.1) is 0 Å². The molecule has 0 saturated carbocycles. The summed E-state index contributed by atoms with van der Waals surface area (Å²) in [6.45, 7) is 4.27. The van der Waals surface area contributed by atoms with Gasteiger partial charge < -0.3 is 4.74 Å². The van der Waals surface area contributed by atoms with E-state index in [1.807, 2.05) is 12.1 Å². The van der Waals surface area contributed by atoms with Crippen molar-refractivity contribution in [3.63, 3.8) is 0 Å². The van der Waals surface area contributed by atoms with E-state index in [1.54, 1.807) is 12.1 Å². The fraction of sp³-hybridized carbons (Fsp3) is 0.464. The highest BCUT2D eigenvalue weighted by molar-refractivity contribution is 5.83. The van der Waals surface area contributed by atoms with Crippen LogP contribution >= 0.6 is 0 Å². The Morgan fingerprint density at radius 1 is 1.00 bits per heavy atom. The highest BCUT2D eigenvalue weighted by atomic mass is 19.4. The predicted molar refractivity (Wildman–Crippen MR) is 126 cm³/mol. The molecule has 0 spiro atoms. The van der Waals surface area contributed by atoms with Gasteiger partial charge in [-0.05, 0) is 53.7 Å². The minimum atomic E-state index is -4.36. The van der Waals surface area contributed by atoms with Crippen molar-refractivity contribution in [3.05, 3.63) is 76.4 Å². The van der Waals surface area contributed by atoms with Crippen molar-refractivity contribution in [1.29, 1.82) is 0 Å². The number of ether oxygens (including phenoxy) is 1. The number of unbranched alkanes of at least 4 members (excludes halogenated alkanes) is 2. The molecule has 1 aliphatic rings. The fourth-order valence-electron chi connectivity index (χ4n) is 4.98. The van der Waals surface area contributed by atoms with Crippen molar-refractivity contribution < 1.29 is 22.7 Å². The molecule has 0 N–H and O–H groups in total. The third-order valence-corrected chi connectivity index (χ3v) is 6.63. The van der Waals surface area contributed by atoms with Crippen molar-refractivity contribution in [1.82, 2.24) is 0 Å². The lowest BCUT2D eigenvalue weighted by Gasteiger charge is -2.26. The number of benzene rings is 2. The van der Waals surface area contributed by atoms with Crippen LogP contribution in [0.1, 0.15) is 92.9 Å². The summed E-state index contributed by atoms with van der Waals surface area (Å²) < 4.78 is 44.6. The molecule has 1 unspecified atom stereocenters. The Balaban J connectivity index is 2.15. The van der Waals surface area contributed by atoms with Gasteiger partial charge in [0.2, 0.25) is 0 Å². The summed E-state index contributed by atoms with van der Waals surface area (Å²) >= 11 is 0. The van der Waals surface area contributed by atoms with Crippen LogP contribution in [-0.2, 0) is 15.7 Å². The highest BCUT2D eigenvalue weighted by Crippen LogP contribution is 2.52. The Kier molecular flexibility index (Phi) is 8.39. The van der Waals surface area contributed by atoms with Gasteiger partial charge in [0.05, 0.1) is 19.1 Å². The van der Waals surface area contributed by atoms with Crippen LogP contribution in [0.15, 0.2) is 54.1 Å². The van der Waals surface area contributed by atoms with Crippen LogP contribution < -0.4 is 0 Å². The number of alkyl halides is 3. The van der Waals surface area contributed by atoms with E-state index in [0.717, 1.165) is 49.7 Å². The monoisotopic (exact) mass is 458 g/mol. The third-order valence-electron chi connectivity index (χ3n) is 6.63. The first-order valence-electron chi connectivity index (χ1n) is 11.9.